The highest BCUT2D eigenvalue weighted by Gasteiger charge is 2.23. The normalized spacial score (nSPS) is 12.6. The molecule has 0 bridgehead atoms. The van der Waals surface area contributed by atoms with Crippen LogP contribution in [0.4, 0.5) is 0 Å². The van der Waals surface area contributed by atoms with E-state index in [-0.39, 0.29) is 6.54 Å². The number of fused-ring (bicyclic) bond motifs is 4. The van der Waals surface area contributed by atoms with Crippen LogP contribution in [0.25, 0.3) is 43.1 Å². The maximum absolute atomic E-state index is 13.6. The lowest BCUT2D eigenvalue weighted by molar-refractivity contribution is 0.0192. The molecule has 0 aliphatic rings. The summed E-state index contributed by atoms with van der Waals surface area (Å²) in [6, 6.07) is 33.3. The molecule has 0 radical (unpaired) electrons. The van der Waals surface area contributed by atoms with Crippen LogP contribution >= 0.6 is 0 Å². The van der Waals surface area contributed by atoms with E-state index >= 15 is 0 Å². The third kappa shape index (κ3) is 6.92. The van der Waals surface area contributed by atoms with Crippen molar-refractivity contribution in [2.75, 3.05) is 13.2 Å². The minimum absolute atomic E-state index is 0.0452. The van der Waals surface area contributed by atoms with E-state index < -0.39 is 67.5 Å². The topological polar surface area (TPSA) is 159 Å². The molecule has 2 atom stereocenters. The number of carbonyl (C=O) groups is 2. The first-order valence-corrected chi connectivity index (χ1v) is 17.6. The summed E-state index contributed by atoms with van der Waals surface area (Å²) in [7, 11) is 0. The van der Waals surface area contributed by atoms with Crippen LogP contribution in [0.15, 0.2) is 124 Å². The molecule has 1 heterocycles. The van der Waals surface area contributed by atoms with Gasteiger partial charge in [-0.25, -0.2) is 37.7 Å². The first-order chi connectivity index (χ1) is 26.2. The summed E-state index contributed by atoms with van der Waals surface area (Å²) in [6.45, 7) is -0.638. The van der Waals surface area contributed by atoms with Crippen LogP contribution in [0, 0.1) is 0 Å². The Bertz CT molecular complexity index is 2460. The van der Waals surface area contributed by atoms with Crippen molar-refractivity contribution in [2.45, 2.75) is 45.2 Å². The van der Waals surface area contributed by atoms with Gasteiger partial charge in [-0.15, -0.1) is 0 Å². The van der Waals surface area contributed by atoms with Crippen LogP contribution in [0.1, 0.15) is 34.1 Å². The van der Waals surface area contributed by atoms with Crippen molar-refractivity contribution in [3.05, 3.63) is 152 Å². The number of benzene rings is 6. The fourth-order valence-corrected chi connectivity index (χ4v) is 6.89. The summed E-state index contributed by atoms with van der Waals surface area (Å²) >= 11 is 0. The molecule has 0 saturated heterocycles. The first-order valence-electron chi connectivity index (χ1n) is 17.6. The van der Waals surface area contributed by atoms with Gasteiger partial charge >= 0.3 is 29.0 Å². The third-order valence-electron chi connectivity index (χ3n) is 9.38. The summed E-state index contributed by atoms with van der Waals surface area (Å²) in [5, 5.41) is 27.9. The smallest absolute Gasteiger partial charge is 0.339 e. The van der Waals surface area contributed by atoms with E-state index in [0.29, 0.717) is 48.2 Å². The number of rotatable bonds is 12. The zero-order valence-electron chi connectivity index (χ0n) is 29.4. The van der Waals surface area contributed by atoms with Gasteiger partial charge in [0.1, 0.15) is 25.4 Å². The van der Waals surface area contributed by atoms with Crippen molar-refractivity contribution in [1.29, 1.82) is 0 Å². The second kappa shape index (κ2) is 15.3. The van der Waals surface area contributed by atoms with E-state index in [1.165, 1.54) is 0 Å². The highest BCUT2D eigenvalue weighted by Crippen LogP contribution is 2.30. The fourth-order valence-electron chi connectivity index (χ4n) is 6.89. The van der Waals surface area contributed by atoms with E-state index in [0.717, 1.165) is 26.1 Å². The maximum atomic E-state index is 13.6. The molecule has 0 saturated carbocycles. The number of aliphatic hydroxyl groups is 2. The maximum Gasteiger partial charge on any atom is 0.339 e. The number of nitrogens with zero attached hydrogens (tertiary/aromatic N) is 3. The van der Waals surface area contributed by atoms with Gasteiger partial charge in [0.25, 0.3) is 0 Å². The minimum Gasteiger partial charge on any atom is -0.459 e. The van der Waals surface area contributed by atoms with Crippen molar-refractivity contribution in [3.63, 3.8) is 0 Å². The minimum atomic E-state index is -1.51. The van der Waals surface area contributed by atoms with Crippen LogP contribution in [-0.2, 0) is 29.1 Å². The summed E-state index contributed by atoms with van der Waals surface area (Å²) < 4.78 is 13.2. The van der Waals surface area contributed by atoms with E-state index in [1.807, 2.05) is 60.7 Å². The molecule has 12 heteroatoms. The van der Waals surface area contributed by atoms with Crippen molar-refractivity contribution >= 4 is 55.0 Å². The number of hydrogen-bond acceptors (Lipinski definition) is 9. The molecule has 1 aromatic heterocycles. The predicted molar refractivity (Wildman–Crippen MR) is 205 cm³/mol. The Balaban J connectivity index is 1.10. The summed E-state index contributed by atoms with van der Waals surface area (Å²) in [4.78, 5) is 67.3. The molecule has 0 aliphatic carbocycles. The fraction of sp³-hybridized carbons (Fsp3) is 0.214. The van der Waals surface area contributed by atoms with Gasteiger partial charge < -0.3 is 19.7 Å². The molecule has 7 aromatic rings. The van der Waals surface area contributed by atoms with Crippen molar-refractivity contribution in [1.82, 2.24) is 13.7 Å². The number of hydrogen-bond donors (Lipinski definition) is 2. The SMILES string of the molecule is CCCn1c(=O)n(CC(O)COC(=O)c2c3ccccc3cc3ccccc23)c(=O)n(CC(O)COC(=O)c2c3ccccc3cc3ccccc23)c1=O. The Morgan fingerprint density at radius 2 is 0.852 bits per heavy atom. The van der Waals surface area contributed by atoms with E-state index in [9.17, 15) is 34.2 Å². The van der Waals surface area contributed by atoms with Gasteiger partial charge in [-0.2, -0.15) is 0 Å². The average molecular weight is 728 g/mol. The Hall–Kier alpha value is -6.37. The zero-order chi connectivity index (χ0) is 37.9. The quantitative estimate of drug-likeness (QED) is 0.135. The van der Waals surface area contributed by atoms with Crippen molar-refractivity contribution in [3.8, 4) is 0 Å². The van der Waals surface area contributed by atoms with Crippen LogP contribution in [-0.4, -0.2) is 61.3 Å². The highest BCUT2D eigenvalue weighted by atomic mass is 16.5. The highest BCUT2D eigenvalue weighted by molar-refractivity contribution is 6.17. The lowest BCUT2D eigenvalue weighted by Crippen LogP contribution is -2.56. The van der Waals surface area contributed by atoms with Gasteiger partial charge in [-0.3, -0.25) is 0 Å². The Morgan fingerprint density at radius 3 is 1.19 bits per heavy atom. The van der Waals surface area contributed by atoms with E-state index in [2.05, 4.69) is 0 Å². The van der Waals surface area contributed by atoms with Crippen molar-refractivity contribution < 1.29 is 29.3 Å². The molecule has 12 nitrogen and oxygen atoms in total. The first kappa shape index (κ1) is 36.0. The Labute approximate surface area is 307 Å². The molecule has 0 amide bonds. The molecule has 6 aromatic carbocycles. The van der Waals surface area contributed by atoms with Gasteiger partial charge in [0, 0.05) is 6.54 Å². The lowest BCUT2D eigenvalue weighted by atomic mass is 9.97. The number of carbonyl (C=O) groups excluding carboxylic acids is 2. The Kier molecular flexibility index (Phi) is 10.2. The standard InChI is InChI=1S/C42H37N3O9/c1-2-19-43-40(50)44(22-30(46)24-53-38(48)36-32-15-7-3-11-26(32)20-27-12-4-8-16-33(27)36)42(52)45(41(43)51)23-31(47)25-54-39(49)37-34-17-9-5-13-28(34)21-29-14-6-10-18-35(29)37/h3-18,20-21,30-31,46-47H,2,19,22-25H2,1H3. The van der Waals surface area contributed by atoms with Gasteiger partial charge in [-0.05, 0) is 61.6 Å². The van der Waals surface area contributed by atoms with Crippen LogP contribution < -0.4 is 17.1 Å². The molecule has 0 spiro atoms. The monoisotopic (exact) mass is 727 g/mol. The number of aliphatic hydroxyl groups excluding tert-OH is 2. The second-order valence-electron chi connectivity index (χ2n) is 13.1. The van der Waals surface area contributed by atoms with Crippen molar-refractivity contribution in [2.24, 2.45) is 0 Å². The lowest BCUT2D eigenvalue weighted by Gasteiger charge is -2.18. The molecular formula is C42H37N3O9. The summed E-state index contributed by atoms with van der Waals surface area (Å²) in [5.74, 6) is -1.39. The summed E-state index contributed by atoms with van der Waals surface area (Å²) in [6.07, 6.45) is -2.66. The third-order valence-corrected chi connectivity index (χ3v) is 9.38. The van der Waals surface area contributed by atoms with Gasteiger partial charge in [-0.1, -0.05) is 104 Å². The zero-order valence-corrected chi connectivity index (χ0v) is 29.4. The van der Waals surface area contributed by atoms with E-state index in [4.69, 9.17) is 9.47 Å². The van der Waals surface area contributed by atoms with Crippen LogP contribution in [0.2, 0.25) is 0 Å². The van der Waals surface area contributed by atoms with Crippen LogP contribution in [0.3, 0.4) is 0 Å². The number of ether oxygens (including phenoxy) is 2. The number of aromatic nitrogens is 3. The van der Waals surface area contributed by atoms with Gasteiger partial charge in [0.05, 0.1) is 24.2 Å². The van der Waals surface area contributed by atoms with Gasteiger partial charge in [0.15, 0.2) is 0 Å². The molecule has 7 rings (SSSR count). The van der Waals surface area contributed by atoms with E-state index in [1.54, 1.807) is 55.5 Å². The predicted octanol–water partition coefficient (Wildman–Crippen LogP) is 4.63. The largest absolute Gasteiger partial charge is 0.459 e. The summed E-state index contributed by atoms with van der Waals surface area (Å²) in [5.41, 5.74) is -2.38. The molecular weight excluding hydrogens is 690 g/mol. The molecule has 274 valence electrons. The average Bonchev–Trinajstić information content (AvgIpc) is 3.19. The number of esters is 2. The molecule has 2 unspecified atom stereocenters. The molecule has 2 N–H and O–H groups in total. The van der Waals surface area contributed by atoms with Crippen LogP contribution in [0.5, 0.6) is 0 Å². The second-order valence-corrected chi connectivity index (χ2v) is 13.1. The molecule has 54 heavy (non-hydrogen) atoms. The molecule has 0 fully saturated rings. The molecule has 0 aliphatic heterocycles. The van der Waals surface area contributed by atoms with Gasteiger partial charge in [0.2, 0.25) is 0 Å². The Morgan fingerprint density at radius 1 is 0.537 bits per heavy atom.